The first kappa shape index (κ1) is 14.3. The normalized spacial score (nSPS) is 34.2. The van der Waals surface area contributed by atoms with Gasteiger partial charge in [0.05, 0.1) is 0 Å². The van der Waals surface area contributed by atoms with Crippen LogP contribution in [0.15, 0.2) is 0 Å². The second kappa shape index (κ2) is 6.38. The van der Waals surface area contributed by atoms with Crippen molar-refractivity contribution >= 4 is 0 Å². The van der Waals surface area contributed by atoms with Gasteiger partial charge in [-0.25, -0.2) is 0 Å². The highest BCUT2D eigenvalue weighted by Gasteiger charge is 2.25. The highest BCUT2D eigenvalue weighted by atomic mass is 15.2. The molecule has 2 atom stereocenters. The monoisotopic (exact) mass is 252 g/mol. The zero-order valence-corrected chi connectivity index (χ0v) is 12.7. The zero-order valence-electron chi connectivity index (χ0n) is 12.7. The van der Waals surface area contributed by atoms with Crippen LogP contribution < -0.4 is 5.32 Å². The molecular formula is C16H32N2. The van der Waals surface area contributed by atoms with Crippen molar-refractivity contribution in [3.8, 4) is 0 Å². The summed E-state index contributed by atoms with van der Waals surface area (Å²) in [4.78, 5) is 2.55. The molecular weight excluding hydrogens is 220 g/mol. The van der Waals surface area contributed by atoms with E-state index in [1.54, 1.807) is 0 Å². The van der Waals surface area contributed by atoms with Gasteiger partial charge in [0.15, 0.2) is 0 Å². The fraction of sp³-hybridized carbons (Fsp3) is 1.00. The van der Waals surface area contributed by atoms with Crippen LogP contribution in [0.25, 0.3) is 0 Å². The molecule has 0 amide bonds. The Morgan fingerprint density at radius 1 is 1.06 bits per heavy atom. The predicted octanol–water partition coefficient (Wildman–Crippen LogP) is 3.42. The van der Waals surface area contributed by atoms with Crippen molar-refractivity contribution in [2.75, 3.05) is 20.1 Å². The van der Waals surface area contributed by atoms with E-state index in [0.717, 1.165) is 12.1 Å². The van der Waals surface area contributed by atoms with Crippen molar-refractivity contribution in [2.45, 2.75) is 77.3 Å². The van der Waals surface area contributed by atoms with Crippen LogP contribution in [-0.2, 0) is 0 Å². The molecule has 0 bridgehead atoms. The molecule has 2 fully saturated rings. The minimum atomic E-state index is 0.581. The van der Waals surface area contributed by atoms with E-state index in [1.807, 2.05) is 0 Å². The van der Waals surface area contributed by atoms with Crippen molar-refractivity contribution in [1.29, 1.82) is 0 Å². The average molecular weight is 252 g/mol. The van der Waals surface area contributed by atoms with Crippen molar-refractivity contribution in [3.05, 3.63) is 0 Å². The van der Waals surface area contributed by atoms with Gasteiger partial charge in [-0.05, 0) is 57.5 Å². The van der Waals surface area contributed by atoms with Gasteiger partial charge in [0.25, 0.3) is 0 Å². The molecule has 1 saturated heterocycles. The Bertz CT molecular complexity index is 249. The molecule has 1 saturated carbocycles. The predicted molar refractivity (Wildman–Crippen MR) is 78.9 cm³/mol. The number of likely N-dealkylation sites (tertiary alicyclic amines) is 1. The van der Waals surface area contributed by atoms with E-state index >= 15 is 0 Å². The number of rotatable bonds is 3. The lowest BCUT2D eigenvalue weighted by atomic mass is 9.85. The minimum absolute atomic E-state index is 0.581. The minimum Gasteiger partial charge on any atom is -0.312 e. The topological polar surface area (TPSA) is 15.3 Å². The lowest BCUT2D eigenvalue weighted by molar-refractivity contribution is 0.176. The molecule has 0 spiro atoms. The second-order valence-electron chi connectivity index (χ2n) is 7.33. The molecule has 0 radical (unpaired) electrons. The molecule has 0 aromatic carbocycles. The van der Waals surface area contributed by atoms with Crippen LogP contribution in [0.2, 0.25) is 0 Å². The summed E-state index contributed by atoms with van der Waals surface area (Å²) in [5.41, 5.74) is 0.581. The van der Waals surface area contributed by atoms with E-state index in [0.29, 0.717) is 5.41 Å². The molecule has 1 aliphatic heterocycles. The van der Waals surface area contributed by atoms with Crippen LogP contribution in [-0.4, -0.2) is 37.1 Å². The Labute approximate surface area is 114 Å². The molecule has 2 aliphatic rings. The fourth-order valence-corrected chi connectivity index (χ4v) is 3.57. The first-order valence-electron chi connectivity index (χ1n) is 8.00. The van der Waals surface area contributed by atoms with Crippen molar-refractivity contribution in [1.82, 2.24) is 10.2 Å². The summed E-state index contributed by atoms with van der Waals surface area (Å²) in [5.74, 6) is 0. The van der Waals surface area contributed by atoms with E-state index in [2.05, 4.69) is 31.1 Å². The number of hydrogen-bond acceptors (Lipinski definition) is 2. The number of nitrogens with one attached hydrogen (secondary N) is 1. The van der Waals surface area contributed by atoms with Crippen molar-refractivity contribution < 1.29 is 0 Å². The van der Waals surface area contributed by atoms with Gasteiger partial charge in [0.2, 0.25) is 0 Å². The first-order valence-corrected chi connectivity index (χ1v) is 8.00. The zero-order chi connectivity index (χ0) is 13.0. The second-order valence-corrected chi connectivity index (χ2v) is 7.33. The molecule has 0 aromatic rings. The van der Waals surface area contributed by atoms with Gasteiger partial charge in [0.1, 0.15) is 0 Å². The van der Waals surface area contributed by atoms with Crippen molar-refractivity contribution in [3.63, 3.8) is 0 Å². The molecule has 0 aromatic heterocycles. The molecule has 18 heavy (non-hydrogen) atoms. The van der Waals surface area contributed by atoms with E-state index in [-0.39, 0.29) is 0 Å². The van der Waals surface area contributed by atoms with E-state index in [9.17, 15) is 0 Å². The third kappa shape index (κ3) is 4.24. The molecule has 2 unspecified atom stereocenters. The lowest BCUT2D eigenvalue weighted by Gasteiger charge is -2.33. The molecule has 1 heterocycles. The smallest absolute Gasteiger partial charge is 0.0217 e. The quantitative estimate of drug-likeness (QED) is 0.774. The van der Waals surface area contributed by atoms with Gasteiger partial charge < -0.3 is 10.2 Å². The van der Waals surface area contributed by atoms with Gasteiger partial charge in [0, 0.05) is 18.6 Å². The third-order valence-corrected chi connectivity index (χ3v) is 5.14. The third-order valence-electron chi connectivity index (χ3n) is 5.14. The SMILES string of the molecule is CN1CCCCC1CNC1CCCC(C)(C)CC1. The summed E-state index contributed by atoms with van der Waals surface area (Å²) >= 11 is 0. The summed E-state index contributed by atoms with van der Waals surface area (Å²) in [5, 5.41) is 3.86. The van der Waals surface area contributed by atoms with Crippen LogP contribution >= 0.6 is 0 Å². The average Bonchev–Trinajstić information content (AvgIpc) is 2.50. The Morgan fingerprint density at radius 2 is 1.89 bits per heavy atom. The van der Waals surface area contributed by atoms with E-state index in [1.165, 1.54) is 64.5 Å². The van der Waals surface area contributed by atoms with Crippen LogP contribution in [0, 0.1) is 5.41 Å². The van der Waals surface area contributed by atoms with E-state index < -0.39 is 0 Å². The van der Waals surface area contributed by atoms with Gasteiger partial charge in [-0.15, -0.1) is 0 Å². The first-order chi connectivity index (χ1) is 8.57. The van der Waals surface area contributed by atoms with Crippen LogP contribution in [0.5, 0.6) is 0 Å². The standard InChI is InChI=1S/C16H32N2/c1-16(2)10-6-7-14(9-11-16)17-13-15-8-4-5-12-18(15)3/h14-15,17H,4-13H2,1-3H3. The van der Waals surface area contributed by atoms with E-state index in [4.69, 9.17) is 0 Å². The van der Waals surface area contributed by atoms with Crippen LogP contribution in [0.3, 0.4) is 0 Å². The maximum atomic E-state index is 3.86. The number of nitrogens with zero attached hydrogens (tertiary/aromatic N) is 1. The molecule has 2 rings (SSSR count). The lowest BCUT2D eigenvalue weighted by Crippen LogP contribution is -2.45. The summed E-state index contributed by atoms with van der Waals surface area (Å²) in [6.07, 6.45) is 11.2. The summed E-state index contributed by atoms with van der Waals surface area (Å²) < 4.78 is 0. The number of piperidine rings is 1. The molecule has 106 valence electrons. The largest absolute Gasteiger partial charge is 0.312 e. The molecule has 1 aliphatic carbocycles. The Morgan fingerprint density at radius 3 is 2.67 bits per heavy atom. The Hall–Kier alpha value is -0.0800. The number of hydrogen-bond donors (Lipinski definition) is 1. The van der Waals surface area contributed by atoms with Crippen LogP contribution in [0.4, 0.5) is 0 Å². The molecule has 2 nitrogen and oxygen atoms in total. The Balaban J connectivity index is 1.72. The molecule has 2 heteroatoms. The van der Waals surface area contributed by atoms with Gasteiger partial charge >= 0.3 is 0 Å². The maximum Gasteiger partial charge on any atom is 0.0217 e. The summed E-state index contributed by atoms with van der Waals surface area (Å²) in [6.45, 7) is 7.38. The highest BCUT2D eigenvalue weighted by Crippen LogP contribution is 2.33. The summed E-state index contributed by atoms with van der Waals surface area (Å²) in [6, 6.07) is 1.57. The van der Waals surface area contributed by atoms with Gasteiger partial charge in [-0.1, -0.05) is 26.7 Å². The number of likely N-dealkylation sites (N-methyl/N-ethyl adjacent to an activating group) is 1. The summed E-state index contributed by atoms with van der Waals surface area (Å²) in [7, 11) is 2.29. The van der Waals surface area contributed by atoms with Crippen LogP contribution in [0.1, 0.15) is 65.2 Å². The highest BCUT2D eigenvalue weighted by molar-refractivity contribution is 4.82. The van der Waals surface area contributed by atoms with Gasteiger partial charge in [-0.3, -0.25) is 0 Å². The maximum absolute atomic E-state index is 3.86. The Kier molecular flexibility index (Phi) is 5.08. The molecule has 1 N–H and O–H groups in total. The van der Waals surface area contributed by atoms with Gasteiger partial charge in [-0.2, -0.15) is 0 Å². The fourth-order valence-electron chi connectivity index (χ4n) is 3.57. The van der Waals surface area contributed by atoms with Crippen molar-refractivity contribution in [2.24, 2.45) is 5.41 Å².